The summed E-state index contributed by atoms with van der Waals surface area (Å²) in [6, 6.07) is 11.7. The summed E-state index contributed by atoms with van der Waals surface area (Å²) in [4.78, 5) is 24.3. The number of hydrogen-bond acceptors (Lipinski definition) is 3. The maximum Gasteiger partial charge on any atom is 0.313 e. The molecule has 2 aromatic rings. The molecule has 6 heteroatoms. The molecule has 2 rings (SSSR count). The van der Waals surface area contributed by atoms with Crippen LogP contribution in [0.25, 0.3) is 0 Å². The summed E-state index contributed by atoms with van der Waals surface area (Å²) in [5, 5.41) is 5.08. The lowest BCUT2D eigenvalue weighted by Gasteiger charge is -2.29. The van der Waals surface area contributed by atoms with Crippen molar-refractivity contribution in [3.8, 4) is 0 Å². The van der Waals surface area contributed by atoms with Gasteiger partial charge in [-0.05, 0) is 38.5 Å². The molecule has 0 saturated carbocycles. The van der Waals surface area contributed by atoms with Gasteiger partial charge in [0.1, 0.15) is 11.4 Å². The highest BCUT2D eigenvalue weighted by Gasteiger charge is 2.30. The fourth-order valence-corrected chi connectivity index (χ4v) is 2.63. The van der Waals surface area contributed by atoms with E-state index >= 15 is 0 Å². The molecule has 0 heterocycles. The molecular weight excluding hydrogens is 335 g/mol. The monoisotopic (exact) mass is 358 g/mol. The lowest BCUT2D eigenvalue weighted by atomic mass is 9.95. The summed E-state index contributed by atoms with van der Waals surface area (Å²) >= 11 is 0. The third-order valence-electron chi connectivity index (χ3n) is 4.32. The molecule has 5 nitrogen and oxygen atoms in total. The van der Waals surface area contributed by atoms with E-state index in [4.69, 9.17) is 4.74 Å². The number of rotatable bonds is 5. The van der Waals surface area contributed by atoms with Crippen LogP contribution in [0.1, 0.15) is 23.6 Å². The van der Waals surface area contributed by atoms with E-state index in [-0.39, 0.29) is 6.54 Å². The molecule has 0 spiro atoms. The smallest absolute Gasteiger partial charge is 0.313 e. The zero-order valence-corrected chi connectivity index (χ0v) is 15.4. The molecule has 138 valence electrons. The van der Waals surface area contributed by atoms with E-state index in [1.165, 1.54) is 13.2 Å². The Balaban J connectivity index is 2.04. The molecule has 0 bridgehead atoms. The maximum atomic E-state index is 14.0. The molecule has 0 fully saturated rings. The van der Waals surface area contributed by atoms with E-state index in [0.717, 1.165) is 11.1 Å². The molecule has 2 N–H and O–H groups in total. The second kappa shape index (κ2) is 8.10. The number of ether oxygens (including phenoxy) is 1. The summed E-state index contributed by atoms with van der Waals surface area (Å²) in [6.07, 6.45) is 0. The minimum atomic E-state index is -1.10. The number of benzene rings is 2. The minimum absolute atomic E-state index is 0.0520. The molecule has 2 amide bonds. The topological polar surface area (TPSA) is 67.4 Å². The normalized spacial score (nSPS) is 13.0. The van der Waals surface area contributed by atoms with E-state index in [9.17, 15) is 14.0 Å². The molecule has 0 aliphatic heterocycles. The van der Waals surface area contributed by atoms with Gasteiger partial charge in [-0.2, -0.15) is 0 Å². The summed E-state index contributed by atoms with van der Waals surface area (Å²) in [7, 11) is 1.42. The highest BCUT2D eigenvalue weighted by Crippen LogP contribution is 2.26. The third-order valence-corrected chi connectivity index (χ3v) is 4.32. The number of anilines is 1. The van der Waals surface area contributed by atoms with Crippen LogP contribution in [0.5, 0.6) is 0 Å². The first kappa shape index (κ1) is 19.6. The van der Waals surface area contributed by atoms with Gasteiger partial charge in [-0.25, -0.2) is 4.39 Å². The second-order valence-corrected chi connectivity index (χ2v) is 6.37. The van der Waals surface area contributed by atoms with Gasteiger partial charge >= 0.3 is 11.8 Å². The molecule has 0 aromatic heterocycles. The van der Waals surface area contributed by atoms with Crippen LogP contribution in [0.3, 0.4) is 0 Å². The number of amides is 2. The number of carbonyl (C=O) groups excluding carboxylic acids is 2. The lowest BCUT2D eigenvalue weighted by molar-refractivity contribution is -0.137. The molecule has 2 aromatic carbocycles. The lowest BCUT2D eigenvalue weighted by Crippen LogP contribution is -2.44. The minimum Gasteiger partial charge on any atom is -0.372 e. The molecule has 1 unspecified atom stereocenters. The molecular formula is C20H23FN2O3. The first-order chi connectivity index (χ1) is 12.3. The van der Waals surface area contributed by atoms with Gasteiger partial charge < -0.3 is 15.4 Å². The van der Waals surface area contributed by atoms with Gasteiger partial charge in [0, 0.05) is 18.4 Å². The van der Waals surface area contributed by atoms with E-state index in [1.807, 2.05) is 26.0 Å². The van der Waals surface area contributed by atoms with Crippen LogP contribution in [0.2, 0.25) is 0 Å². The summed E-state index contributed by atoms with van der Waals surface area (Å²) in [5.74, 6) is -2.04. The van der Waals surface area contributed by atoms with Gasteiger partial charge in [0.05, 0.1) is 6.54 Å². The second-order valence-electron chi connectivity index (χ2n) is 6.37. The Kier molecular flexibility index (Phi) is 6.10. The average molecular weight is 358 g/mol. The predicted octanol–water partition coefficient (Wildman–Crippen LogP) is 3.06. The fourth-order valence-electron chi connectivity index (χ4n) is 2.63. The van der Waals surface area contributed by atoms with Crippen molar-refractivity contribution in [1.29, 1.82) is 0 Å². The number of nitrogens with one attached hydrogen (secondary N) is 2. The Morgan fingerprint density at radius 1 is 1.12 bits per heavy atom. The van der Waals surface area contributed by atoms with Gasteiger partial charge in [0.15, 0.2) is 0 Å². The molecule has 0 saturated heterocycles. The van der Waals surface area contributed by atoms with Crippen LogP contribution < -0.4 is 10.6 Å². The van der Waals surface area contributed by atoms with E-state index in [0.29, 0.717) is 11.3 Å². The van der Waals surface area contributed by atoms with E-state index in [1.54, 1.807) is 31.2 Å². The van der Waals surface area contributed by atoms with Gasteiger partial charge in [0.2, 0.25) is 0 Å². The van der Waals surface area contributed by atoms with E-state index in [2.05, 4.69) is 10.6 Å². The van der Waals surface area contributed by atoms with Gasteiger partial charge in [0.25, 0.3) is 0 Å². The highest BCUT2D eigenvalue weighted by atomic mass is 19.1. The molecule has 0 aliphatic rings. The van der Waals surface area contributed by atoms with Gasteiger partial charge in [-0.1, -0.05) is 35.9 Å². The van der Waals surface area contributed by atoms with Crippen LogP contribution in [-0.4, -0.2) is 25.5 Å². The fraction of sp³-hybridized carbons (Fsp3) is 0.300. The van der Waals surface area contributed by atoms with Crippen molar-refractivity contribution in [2.24, 2.45) is 0 Å². The maximum absolute atomic E-state index is 14.0. The number of hydrogen-bond donors (Lipinski definition) is 2. The Morgan fingerprint density at radius 2 is 1.81 bits per heavy atom. The average Bonchev–Trinajstić information content (AvgIpc) is 2.62. The van der Waals surface area contributed by atoms with Crippen LogP contribution in [-0.2, 0) is 19.9 Å². The SMILES string of the molecule is COC(C)(CNC(=O)C(=O)Nc1ccc(C)cc1C)c1ccccc1F. The Labute approximate surface area is 152 Å². The zero-order chi connectivity index (χ0) is 19.3. The van der Waals surface area contributed by atoms with Crippen LogP contribution >= 0.6 is 0 Å². The molecule has 1 atom stereocenters. The molecule has 0 aliphatic carbocycles. The molecule has 26 heavy (non-hydrogen) atoms. The molecule has 0 radical (unpaired) electrons. The number of methoxy groups -OCH3 is 1. The van der Waals surface area contributed by atoms with Crippen molar-refractivity contribution in [2.45, 2.75) is 26.4 Å². The third kappa shape index (κ3) is 4.46. The van der Waals surface area contributed by atoms with Crippen LogP contribution in [0.15, 0.2) is 42.5 Å². The summed E-state index contributed by atoms with van der Waals surface area (Å²) in [5.41, 5.74) is 1.70. The quantitative estimate of drug-likeness (QED) is 0.807. The summed E-state index contributed by atoms with van der Waals surface area (Å²) < 4.78 is 19.4. The van der Waals surface area contributed by atoms with Crippen molar-refractivity contribution in [3.05, 3.63) is 65.0 Å². The first-order valence-corrected chi connectivity index (χ1v) is 8.23. The van der Waals surface area contributed by atoms with Crippen molar-refractivity contribution in [3.63, 3.8) is 0 Å². The van der Waals surface area contributed by atoms with Crippen LogP contribution in [0, 0.1) is 19.7 Å². The first-order valence-electron chi connectivity index (χ1n) is 8.23. The van der Waals surface area contributed by atoms with Gasteiger partial charge in [-0.3, -0.25) is 9.59 Å². The van der Waals surface area contributed by atoms with Crippen molar-refractivity contribution >= 4 is 17.5 Å². The van der Waals surface area contributed by atoms with Crippen LogP contribution in [0.4, 0.5) is 10.1 Å². The number of carbonyl (C=O) groups is 2. The Bertz CT molecular complexity index is 822. The van der Waals surface area contributed by atoms with Crippen molar-refractivity contribution in [2.75, 3.05) is 19.0 Å². The zero-order valence-electron chi connectivity index (χ0n) is 15.4. The highest BCUT2D eigenvalue weighted by molar-refractivity contribution is 6.39. The number of aryl methyl sites for hydroxylation is 2. The van der Waals surface area contributed by atoms with E-state index < -0.39 is 23.2 Å². The van der Waals surface area contributed by atoms with Crippen molar-refractivity contribution < 1.29 is 18.7 Å². The summed E-state index contributed by atoms with van der Waals surface area (Å²) in [6.45, 7) is 5.39. The van der Waals surface area contributed by atoms with Gasteiger partial charge in [-0.15, -0.1) is 0 Å². The number of halogens is 1. The van der Waals surface area contributed by atoms with Crippen molar-refractivity contribution in [1.82, 2.24) is 5.32 Å². The Hall–Kier alpha value is -2.73. The largest absolute Gasteiger partial charge is 0.372 e. The predicted molar refractivity (Wildman–Crippen MR) is 98.3 cm³/mol. The Morgan fingerprint density at radius 3 is 2.42 bits per heavy atom. The standard InChI is InChI=1S/C20H23FN2O3/c1-13-9-10-17(14(2)11-13)23-19(25)18(24)22-12-20(3,26-4)15-7-5-6-8-16(15)21/h5-11H,12H2,1-4H3,(H,22,24)(H,23,25).